The van der Waals surface area contributed by atoms with Crippen LogP contribution in [0.4, 0.5) is 8.78 Å². The number of nitrogens with one attached hydrogen (secondary N) is 1. The Balaban J connectivity index is 2.49. The Hall–Kier alpha value is -0.710. The van der Waals surface area contributed by atoms with Crippen LogP contribution in [0.3, 0.4) is 0 Å². The van der Waals surface area contributed by atoms with E-state index < -0.39 is 24.5 Å². The number of carbonyl (C=O) groups is 1. The molecule has 0 saturated carbocycles. The molecule has 52 valence electrons. The molecule has 0 aromatic heterocycles. The molecule has 1 fully saturated rings. The summed E-state index contributed by atoms with van der Waals surface area (Å²) in [6.07, 6.45) is -3.45. The Kier molecular flexibility index (Phi) is 1.36. The van der Waals surface area contributed by atoms with Crippen LogP contribution in [0.1, 0.15) is 0 Å². The van der Waals surface area contributed by atoms with Gasteiger partial charge in [0.25, 0.3) is 0 Å². The third-order valence-electron chi connectivity index (χ3n) is 1.23. The monoisotopic (exact) mass is 137 g/mol. The van der Waals surface area contributed by atoms with Crippen molar-refractivity contribution in [3.8, 4) is 0 Å². The molecule has 3 nitrogen and oxygen atoms in total. The van der Waals surface area contributed by atoms with Gasteiger partial charge in [-0.3, -0.25) is 10.1 Å². The first-order valence-electron chi connectivity index (χ1n) is 2.40. The van der Waals surface area contributed by atoms with Crippen molar-refractivity contribution in [3.63, 3.8) is 0 Å². The van der Waals surface area contributed by atoms with Gasteiger partial charge in [-0.15, -0.1) is 0 Å². The van der Waals surface area contributed by atoms with Crippen LogP contribution in [-0.4, -0.2) is 23.7 Å². The first-order valence-corrected chi connectivity index (χ1v) is 2.40. The van der Waals surface area contributed by atoms with Crippen LogP contribution >= 0.6 is 0 Å². The van der Waals surface area contributed by atoms with Crippen molar-refractivity contribution >= 4 is 5.97 Å². The van der Waals surface area contributed by atoms with E-state index in [0.717, 1.165) is 0 Å². The number of carboxylic acid groups (broad SMARTS) is 1. The van der Waals surface area contributed by atoms with E-state index in [1.165, 1.54) is 0 Å². The minimum Gasteiger partial charge on any atom is -0.481 e. The van der Waals surface area contributed by atoms with Crippen LogP contribution in [0.15, 0.2) is 0 Å². The van der Waals surface area contributed by atoms with Crippen molar-refractivity contribution in [1.82, 2.24) is 5.32 Å². The Bertz CT molecular complexity index is 133. The van der Waals surface area contributed by atoms with Crippen molar-refractivity contribution in [3.05, 3.63) is 0 Å². The van der Waals surface area contributed by atoms with Crippen molar-refractivity contribution in [2.24, 2.45) is 5.92 Å². The van der Waals surface area contributed by atoms with Gasteiger partial charge in [0.2, 0.25) is 0 Å². The molecule has 5 heteroatoms. The van der Waals surface area contributed by atoms with E-state index in [2.05, 4.69) is 0 Å². The third kappa shape index (κ3) is 0.873. The molecular formula is C4H5F2NO2. The number of hydrogen-bond donors (Lipinski definition) is 2. The minimum absolute atomic E-state index is 1.44. The lowest BCUT2D eigenvalue weighted by atomic mass is 10.0. The number of alkyl halides is 2. The van der Waals surface area contributed by atoms with Gasteiger partial charge in [0, 0.05) is 0 Å². The molecule has 1 heterocycles. The van der Waals surface area contributed by atoms with Crippen LogP contribution in [0.5, 0.6) is 0 Å². The summed E-state index contributed by atoms with van der Waals surface area (Å²) in [5.41, 5.74) is 0. The lowest BCUT2D eigenvalue weighted by Crippen LogP contribution is -2.59. The number of halogens is 2. The van der Waals surface area contributed by atoms with Crippen LogP contribution in [0.2, 0.25) is 0 Å². The summed E-state index contributed by atoms with van der Waals surface area (Å²) < 4.78 is 23.9. The highest BCUT2D eigenvalue weighted by Gasteiger charge is 2.46. The van der Waals surface area contributed by atoms with Gasteiger partial charge in [-0.1, -0.05) is 0 Å². The van der Waals surface area contributed by atoms with E-state index in [1.807, 2.05) is 0 Å². The second kappa shape index (κ2) is 1.91. The molecular weight excluding hydrogens is 132 g/mol. The summed E-state index contributed by atoms with van der Waals surface area (Å²) in [4.78, 5) is 9.88. The number of rotatable bonds is 1. The van der Waals surface area contributed by atoms with Gasteiger partial charge in [-0.2, -0.15) is 0 Å². The number of aliphatic carboxylic acids is 1. The zero-order valence-corrected chi connectivity index (χ0v) is 4.34. The van der Waals surface area contributed by atoms with Crippen LogP contribution in [0, 0.1) is 5.92 Å². The smallest absolute Gasteiger partial charge is 0.315 e. The van der Waals surface area contributed by atoms with Crippen molar-refractivity contribution in [2.45, 2.75) is 12.6 Å². The molecule has 2 N–H and O–H groups in total. The number of hydrogen-bond acceptors (Lipinski definition) is 2. The lowest BCUT2D eigenvalue weighted by molar-refractivity contribution is -0.158. The Morgan fingerprint density at radius 1 is 1.44 bits per heavy atom. The first kappa shape index (κ1) is 6.41. The Morgan fingerprint density at radius 3 is 2.00 bits per heavy atom. The second-order valence-electron chi connectivity index (χ2n) is 1.83. The molecule has 9 heavy (non-hydrogen) atoms. The molecule has 0 bridgehead atoms. The van der Waals surface area contributed by atoms with Crippen molar-refractivity contribution in [2.75, 3.05) is 0 Å². The molecule has 1 aliphatic heterocycles. The zero-order chi connectivity index (χ0) is 7.02. The predicted octanol–water partition coefficient (Wildman–Crippen LogP) is -0.118. The topological polar surface area (TPSA) is 49.3 Å². The molecule has 1 saturated heterocycles. The fraction of sp³-hybridized carbons (Fsp3) is 0.750. The van der Waals surface area contributed by atoms with Gasteiger partial charge < -0.3 is 5.11 Å². The van der Waals surface area contributed by atoms with Gasteiger partial charge in [-0.25, -0.2) is 8.78 Å². The largest absolute Gasteiger partial charge is 0.481 e. The summed E-state index contributed by atoms with van der Waals surface area (Å²) in [6.45, 7) is 0. The van der Waals surface area contributed by atoms with Crippen molar-refractivity contribution in [1.29, 1.82) is 0 Å². The molecule has 0 aromatic carbocycles. The minimum atomic E-state index is -1.72. The van der Waals surface area contributed by atoms with E-state index in [-0.39, 0.29) is 0 Å². The van der Waals surface area contributed by atoms with Crippen LogP contribution in [-0.2, 0) is 4.79 Å². The molecule has 1 rings (SSSR count). The highest BCUT2D eigenvalue weighted by atomic mass is 19.2. The standard InChI is InChI=1S/C4H5F2NO2/c5-2-1(4(8)9)3(6)7-2/h1-3,7H,(H,8,9). The maximum Gasteiger partial charge on any atom is 0.315 e. The van der Waals surface area contributed by atoms with Gasteiger partial charge in [0.1, 0.15) is 5.92 Å². The number of carboxylic acids is 1. The summed E-state index contributed by atoms with van der Waals surface area (Å²) in [5.74, 6) is -2.95. The molecule has 2 atom stereocenters. The summed E-state index contributed by atoms with van der Waals surface area (Å²) >= 11 is 0. The molecule has 0 aliphatic carbocycles. The Morgan fingerprint density at radius 2 is 1.89 bits per heavy atom. The predicted molar refractivity (Wildman–Crippen MR) is 24.1 cm³/mol. The highest BCUT2D eigenvalue weighted by Crippen LogP contribution is 2.22. The van der Waals surface area contributed by atoms with Crippen LogP contribution in [0.25, 0.3) is 0 Å². The summed E-state index contributed by atoms with van der Waals surface area (Å²) in [7, 11) is 0. The van der Waals surface area contributed by atoms with E-state index >= 15 is 0 Å². The zero-order valence-electron chi connectivity index (χ0n) is 4.34. The van der Waals surface area contributed by atoms with Crippen molar-refractivity contribution < 1.29 is 18.7 Å². The van der Waals surface area contributed by atoms with E-state index in [9.17, 15) is 13.6 Å². The summed E-state index contributed by atoms with van der Waals surface area (Å²) in [5, 5.41) is 9.78. The molecule has 2 unspecified atom stereocenters. The van der Waals surface area contributed by atoms with Gasteiger partial charge in [0.15, 0.2) is 12.6 Å². The Labute approximate surface area is 49.7 Å². The normalized spacial score (nSPS) is 41.8. The highest BCUT2D eigenvalue weighted by molar-refractivity contribution is 5.72. The maximum absolute atomic E-state index is 12.0. The van der Waals surface area contributed by atoms with Crippen LogP contribution < -0.4 is 5.32 Å². The SMILES string of the molecule is O=C(O)C1C(F)NC1F. The van der Waals surface area contributed by atoms with Gasteiger partial charge in [-0.05, 0) is 0 Å². The van der Waals surface area contributed by atoms with Gasteiger partial charge in [0.05, 0.1) is 0 Å². The molecule has 0 aromatic rings. The fourth-order valence-corrected chi connectivity index (χ4v) is 0.640. The molecule has 0 amide bonds. The first-order chi connectivity index (χ1) is 4.13. The third-order valence-corrected chi connectivity index (χ3v) is 1.23. The summed E-state index contributed by atoms with van der Waals surface area (Å²) in [6, 6.07) is 0. The van der Waals surface area contributed by atoms with E-state index in [0.29, 0.717) is 0 Å². The average Bonchev–Trinajstić information content (AvgIpc) is 1.62. The second-order valence-corrected chi connectivity index (χ2v) is 1.83. The lowest BCUT2D eigenvalue weighted by Gasteiger charge is -2.32. The quantitative estimate of drug-likeness (QED) is 0.495. The molecule has 0 radical (unpaired) electrons. The van der Waals surface area contributed by atoms with Gasteiger partial charge >= 0.3 is 5.97 Å². The average molecular weight is 137 g/mol. The molecule has 1 aliphatic rings. The van der Waals surface area contributed by atoms with E-state index in [1.54, 1.807) is 5.32 Å². The van der Waals surface area contributed by atoms with E-state index in [4.69, 9.17) is 5.11 Å². The fourth-order valence-electron chi connectivity index (χ4n) is 0.640. The molecule has 0 spiro atoms. The maximum atomic E-state index is 12.0.